The number of hydrogen-bond donors (Lipinski definition) is 1. The Kier molecular flexibility index (Phi) is 3.20. The van der Waals surface area contributed by atoms with Crippen LogP contribution in [0.3, 0.4) is 0 Å². The molecule has 1 heterocycles. The Morgan fingerprint density at radius 1 is 1.29 bits per heavy atom. The molecule has 1 fully saturated rings. The van der Waals surface area contributed by atoms with E-state index in [0.29, 0.717) is 0 Å². The van der Waals surface area contributed by atoms with Gasteiger partial charge in [0.2, 0.25) is 0 Å². The summed E-state index contributed by atoms with van der Waals surface area (Å²) in [4.78, 5) is 1.76. The second kappa shape index (κ2) is 4.61. The highest BCUT2D eigenvalue weighted by atomic mass is 15.1. The Balaban J connectivity index is 1.91. The van der Waals surface area contributed by atoms with Gasteiger partial charge in [0.05, 0.1) is 13.1 Å². The lowest BCUT2D eigenvalue weighted by molar-refractivity contribution is -0.922. The SMILES string of the molecule is C[C@H]1CCC[NH+](Cc2ccccc2)C1. The van der Waals surface area contributed by atoms with Crippen molar-refractivity contribution in [2.45, 2.75) is 26.3 Å². The van der Waals surface area contributed by atoms with Crippen molar-refractivity contribution in [1.29, 1.82) is 0 Å². The van der Waals surface area contributed by atoms with Crippen molar-refractivity contribution in [2.75, 3.05) is 13.1 Å². The Morgan fingerprint density at radius 2 is 2.07 bits per heavy atom. The Bertz CT molecular complexity index is 268. The molecule has 1 saturated heterocycles. The fourth-order valence-corrected chi connectivity index (χ4v) is 2.44. The number of nitrogens with one attached hydrogen (secondary N) is 1. The highest BCUT2D eigenvalue weighted by Gasteiger charge is 2.19. The van der Waals surface area contributed by atoms with Gasteiger partial charge in [-0.2, -0.15) is 0 Å². The quantitative estimate of drug-likeness (QED) is 0.721. The Labute approximate surface area is 86.7 Å². The number of benzene rings is 1. The van der Waals surface area contributed by atoms with E-state index >= 15 is 0 Å². The van der Waals surface area contributed by atoms with Crippen LogP contribution in [0.4, 0.5) is 0 Å². The van der Waals surface area contributed by atoms with Crippen LogP contribution < -0.4 is 4.90 Å². The van der Waals surface area contributed by atoms with Gasteiger partial charge in [0, 0.05) is 11.5 Å². The molecule has 1 heteroatoms. The van der Waals surface area contributed by atoms with Crippen LogP contribution in [0.15, 0.2) is 30.3 Å². The minimum atomic E-state index is 0.919. The molecule has 14 heavy (non-hydrogen) atoms. The van der Waals surface area contributed by atoms with Crippen LogP contribution >= 0.6 is 0 Å². The zero-order chi connectivity index (χ0) is 9.80. The van der Waals surface area contributed by atoms with Crippen molar-refractivity contribution in [1.82, 2.24) is 0 Å². The molecule has 0 radical (unpaired) electrons. The van der Waals surface area contributed by atoms with Crippen molar-refractivity contribution in [3.63, 3.8) is 0 Å². The largest absolute Gasteiger partial charge is 0.331 e. The maximum Gasteiger partial charge on any atom is 0.103 e. The van der Waals surface area contributed by atoms with E-state index in [0.717, 1.165) is 5.92 Å². The smallest absolute Gasteiger partial charge is 0.103 e. The summed E-state index contributed by atoms with van der Waals surface area (Å²) in [6.07, 6.45) is 2.83. The van der Waals surface area contributed by atoms with Crippen molar-refractivity contribution in [3.8, 4) is 0 Å². The van der Waals surface area contributed by atoms with Crippen LogP contribution in [-0.2, 0) is 6.54 Å². The molecular weight excluding hydrogens is 170 g/mol. The van der Waals surface area contributed by atoms with Crippen molar-refractivity contribution >= 4 is 0 Å². The molecule has 1 aliphatic heterocycles. The zero-order valence-electron chi connectivity index (χ0n) is 9.00. The number of likely N-dealkylation sites (tertiary alicyclic amines) is 1. The van der Waals surface area contributed by atoms with E-state index in [1.165, 1.54) is 38.0 Å². The monoisotopic (exact) mass is 190 g/mol. The third kappa shape index (κ3) is 2.58. The number of piperidine rings is 1. The Hall–Kier alpha value is -0.820. The van der Waals surface area contributed by atoms with Gasteiger partial charge in [0.1, 0.15) is 6.54 Å². The molecular formula is C13H20N+. The lowest BCUT2D eigenvalue weighted by atomic mass is 10.00. The van der Waals surface area contributed by atoms with Crippen molar-refractivity contribution in [2.24, 2.45) is 5.92 Å². The summed E-state index contributed by atoms with van der Waals surface area (Å²) in [5, 5.41) is 0. The maximum atomic E-state index is 2.38. The molecule has 76 valence electrons. The first-order valence-corrected chi connectivity index (χ1v) is 5.72. The van der Waals surface area contributed by atoms with Gasteiger partial charge in [0.25, 0.3) is 0 Å². The summed E-state index contributed by atoms with van der Waals surface area (Å²) in [5.74, 6) is 0.919. The van der Waals surface area contributed by atoms with Gasteiger partial charge in [-0.15, -0.1) is 0 Å². The lowest BCUT2D eigenvalue weighted by Gasteiger charge is -2.27. The molecule has 1 N–H and O–H groups in total. The molecule has 1 aromatic rings. The average molecular weight is 190 g/mol. The molecule has 1 aliphatic rings. The highest BCUT2D eigenvalue weighted by Crippen LogP contribution is 2.05. The van der Waals surface area contributed by atoms with Gasteiger partial charge >= 0.3 is 0 Å². The second-order valence-electron chi connectivity index (χ2n) is 4.61. The molecule has 0 amide bonds. The normalized spacial score (nSPS) is 27.5. The average Bonchev–Trinajstić information content (AvgIpc) is 2.19. The van der Waals surface area contributed by atoms with Crippen LogP contribution in [-0.4, -0.2) is 13.1 Å². The lowest BCUT2D eigenvalue weighted by Crippen LogP contribution is -3.12. The fraction of sp³-hybridized carbons (Fsp3) is 0.538. The summed E-state index contributed by atoms with van der Waals surface area (Å²) in [6, 6.07) is 10.9. The van der Waals surface area contributed by atoms with E-state index < -0.39 is 0 Å². The first-order valence-electron chi connectivity index (χ1n) is 5.72. The maximum absolute atomic E-state index is 2.38. The number of rotatable bonds is 2. The summed E-state index contributed by atoms with van der Waals surface area (Å²) in [5.41, 5.74) is 1.48. The van der Waals surface area contributed by atoms with E-state index in [4.69, 9.17) is 0 Å². The van der Waals surface area contributed by atoms with E-state index in [2.05, 4.69) is 37.3 Å². The summed E-state index contributed by atoms with van der Waals surface area (Å²) in [6.45, 7) is 6.31. The van der Waals surface area contributed by atoms with Gasteiger partial charge in [-0.05, 0) is 12.8 Å². The van der Waals surface area contributed by atoms with Gasteiger partial charge in [0.15, 0.2) is 0 Å². The van der Waals surface area contributed by atoms with Gasteiger partial charge in [-0.3, -0.25) is 0 Å². The topological polar surface area (TPSA) is 4.44 Å². The Morgan fingerprint density at radius 3 is 2.79 bits per heavy atom. The third-order valence-corrected chi connectivity index (χ3v) is 3.16. The van der Waals surface area contributed by atoms with Crippen LogP contribution in [0.2, 0.25) is 0 Å². The van der Waals surface area contributed by atoms with E-state index in [1.807, 2.05) is 0 Å². The van der Waals surface area contributed by atoms with E-state index in [9.17, 15) is 0 Å². The van der Waals surface area contributed by atoms with Crippen LogP contribution in [0, 0.1) is 5.92 Å². The van der Waals surface area contributed by atoms with Gasteiger partial charge in [-0.25, -0.2) is 0 Å². The predicted molar refractivity (Wildman–Crippen MR) is 59.2 cm³/mol. The van der Waals surface area contributed by atoms with Gasteiger partial charge in [-0.1, -0.05) is 37.3 Å². The molecule has 0 bridgehead atoms. The van der Waals surface area contributed by atoms with Crippen LogP contribution in [0.5, 0.6) is 0 Å². The molecule has 0 aliphatic carbocycles. The highest BCUT2D eigenvalue weighted by molar-refractivity contribution is 5.13. The second-order valence-corrected chi connectivity index (χ2v) is 4.61. The summed E-state index contributed by atoms with van der Waals surface area (Å²) < 4.78 is 0. The number of quaternary nitrogens is 1. The van der Waals surface area contributed by atoms with Crippen LogP contribution in [0.1, 0.15) is 25.3 Å². The van der Waals surface area contributed by atoms with Crippen molar-refractivity contribution in [3.05, 3.63) is 35.9 Å². The molecule has 1 nitrogen and oxygen atoms in total. The first-order chi connectivity index (χ1) is 6.84. The summed E-state index contributed by atoms with van der Waals surface area (Å²) in [7, 11) is 0. The molecule has 2 rings (SSSR count). The van der Waals surface area contributed by atoms with E-state index in [-0.39, 0.29) is 0 Å². The van der Waals surface area contributed by atoms with E-state index in [1.54, 1.807) is 4.90 Å². The molecule has 0 aromatic heterocycles. The minimum absolute atomic E-state index is 0.919. The molecule has 2 atom stereocenters. The predicted octanol–water partition coefficient (Wildman–Crippen LogP) is 1.50. The summed E-state index contributed by atoms with van der Waals surface area (Å²) >= 11 is 0. The number of hydrogen-bond acceptors (Lipinski definition) is 0. The third-order valence-electron chi connectivity index (χ3n) is 3.16. The zero-order valence-corrected chi connectivity index (χ0v) is 9.00. The van der Waals surface area contributed by atoms with Crippen molar-refractivity contribution < 1.29 is 4.90 Å². The molecule has 1 aromatic carbocycles. The van der Waals surface area contributed by atoms with Gasteiger partial charge < -0.3 is 4.90 Å². The molecule has 0 saturated carbocycles. The standard InChI is InChI=1S/C13H19N/c1-12-6-5-9-14(10-12)11-13-7-3-2-4-8-13/h2-4,7-8,12H,5-6,9-11H2,1H3/p+1/t12-/m0/s1. The molecule has 0 spiro atoms. The van der Waals surface area contributed by atoms with Crippen LogP contribution in [0.25, 0.3) is 0 Å². The minimum Gasteiger partial charge on any atom is -0.331 e. The first kappa shape index (κ1) is 9.72. The molecule has 1 unspecified atom stereocenters. The fourth-order valence-electron chi connectivity index (χ4n) is 2.44.